The molecule has 7 nitrogen and oxygen atoms in total. The fraction of sp³-hybridized carbons (Fsp3) is 0.167. The van der Waals surface area contributed by atoms with Gasteiger partial charge in [-0.2, -0.15) is 4.99 Å². The number of benzene rings is 3. The Morgan fingerprint density at radius 3 is 2.58 bits per heavy atom. The summed E-state index contributed by atoms with van der Waals surface area (Å²) in [6, 6.07) is 20.7. The summed E-state index contributed by atoms with van der Waals surface area (Å²) >= 11 is 1.42. The van der Waals surface area contributed by atoms with Gasteiger partial charge >= 0.3 is 0 Å². The van der Waals surface area contributed by atoms with Crippen LogP contribution in [0.25, 0.3) is 10.2 Å². The predicted molar refractivity (Wildman–Crippen MR) is 130 cm³/mol. The van der Waals surface area contributed by atoms with E-state index in [9.17, 15) is 13.2 Å². The highest BCUT2D eigenvalue weighted by Gasteiger charge is 2.15. The lowest BCUT2D eigenvalue weighted by Crippen LogP contribution is -2.19. The summed E-state index contributed by atoms with van der Waals surface area (Å²) in [6.07, 6.45) is 0. The van der Waals surface area contributed by atoms with Gasteiger partial charge < -0.3 is 9.30 Å². The minimum absolute atomic E-state index is 0.152. The number of nitrogens with one attached hydrogen (secondary N) is 1. The van der Waals surface area contributed by atoms with Crippen molar-refractivity contribution in [2.45, 2.75) is 18.4 Å². The average Bonchev–Trinajstić information content (AvgIpc) is 3.14. The van der Waals surface area contributed by atoms with Crippen molar-refractivity contribution in [3.8, 4) is 0 Å². The number of amides is 1. The van der Waals surface area contributed by atoms with Gasteiger partial charge in [0.15, 0.2) is 4.80 Å². The third-order valence-electron chi connectivity index (χ3n) is 5.00. The van der Waals surface area contributed by atoms with E-state index in [1.54, 1.807) is 49.6 Å². The smallest absolute Gasteiger partial charge is 0.279 e. The van der Waals surface area contributed by atoms with Crippen LogP contribution in [0.15, 0.2) is 82.7 Å². The summed E-state index contributed by atoms with van der Waals surface area (Å²) < 4.78 is 36.1. The SMILES string of the molecule is COCCn1c(=NC(=O)c2cccc(NS(=O)(=O)c3ccc(C)cc3)c2)sc2ccccc21. The zero-order valence-electron chi connectivity index (χ0n) is 18.2. The third kappa shape index (κ3) is 5.22. The summed E-state index contributed by atoms with van der Waals surface area (Å²) in [5.41, 5.74) is 2.52. The van der Waals surface area contributed by atoms with E-state index >= 15 is 0 Å². The van der Waals surface area contributed by atoms with Gasteiger partial charge in [0.25, 0.3) is 15.9 Å². The van der Waals surface area contributed by atoms with Crippen LogP contribution in [-0.2, 0) is 21.3 Å². The maximum atomic E-state index is 13.0. The van der Waals surface area contributed by atoms with Crippen molar-refractivity contribution >= 4 is 43.2 Å². The van der Waals surface area contributed by atoms with Gasteiger partial charge in [0.2, 0.25) is 0 Å². The summed E-state index contributed by atoms with van der Waals surface area (Å²) in [6.45, 7) is 2.93. The van der Waals surface area contributed by atoms with Crippen LogP contribution in [0.2, 0.25) is 0 Å². The fourth-order valence-corrected chi connectivity index (χ4v) is 5.41. The monoisotopic (exact) mass is 481 g/mol. The number of hydrogen-bond acceptors (Lipinski definition) is 5. The van der Waals surface area contributed by atoms with E-state index in [-0.39, 0.29) is 10.5 Å². The van der Waals surface area contributed by atoms with Crippen molar-refractivity contribution in [3.63, 3.8) is 0 Å². The Balaban J connectivity index is 1.65. The van der Waals surface area contributed by atoms with Gasteiger partial charge in [-0.05, 0) is 49.4 Å². The molecule has 0 saturated heterocycles. The molecule has 9 heteroatoms. The van der Waals surface area contributed by atoms with Crippen molar-refractivity contribution in [2.75, 3.05) is 18.4 Å². The maximum absolute atomic E-state index is 13.0. The Bertz CT molecular complexity index is 1470. The summed E-state index contributed by atoms with van der Waals surface area (Å²) in [4.78, 5) is 18.0. The van der Waals surface area contributed by atoms with Gasteiger partial charge in [-0.15, -0.1) is 0 Å². The number of aryl methyl sites for hydroxylation is 1. The van der Waals surface area contributed by atoms with Crippen LogP contribution in [-0.4, -0.2) is 32.6 Å². The standard InChI is InChI=1S/C24H23N3O4S2/c1-17-10-12-20(13-11-17)33(29,30)26-19-7-5-6-18(16-19)23(28)25-24-27(14-15-31-2)21-8-3-4-9-22(21)32-24/h3-13,16,26H,14-15H2,1-2H3. The number of anilines is 1. The number of nitrogens with zero attached hydrogens (tertiary/aromatic N) is 2. The van der Waals surface area contributed by atoms with E-state index in [1.807, 2.05) is 35.8 Å². The first-order chi connectivity index (χ1) is 15.9. The summed E-state index contributed by atoms with van der Waals surface area (Å²) in [5.74, 6) is -0.455. The number of ether oxygens (including phenoxy) is 1. The molecule has 0 unspecified atom stereocenters. The predicted octanol–water partition coefficient (Wildman–Crippen LogP) is 4.20. The first-order valence-electron chi connectivity index (χ1n) is 10.2. The molecule has 0 fully saturated rings. The molecule has 4 aromatic rings. The molecule has 1 heterocycles. The fourth-order valence-electron chi connectivity index (χ4n) is 3.30. The van der Waals surface area contributed by atoms with E-state index in [4.69, 9.17) is 4.74 Å². The molecule has 0 atom stereocenters. The lowest BCUT2D eigenvalue weighted by atomic mass is 10.2. The lowest BCUT2D eigenvalue weighted by molar-refractivity contribution is 0.0997. The lowest BCUT2D eigenvalue weighted by Gasteiger charge is -2.09. The van der Waals surface area contributed by atoms with Crippen LogP contribution >= 0.6 is 11.3 Å². The van der Waals surface area contributed by atoms with Crippen LogP contribution in [0.3, 0.4) is 0 Å². The topological polar surface area (TPSA) is 89.8 Å². The zero-order chi connectivity index (χ0) is 23.4. The number of carbonyl (C=O) groups excluding carboxylic acids is 1. The molecular formula is C24H23N3O4S2. The van der Waals surface area contributed by atoms with Gasteiger partial charge in [-0.3, -0.25) is 9.52 Å². The third-order valence-corrected chi connectivity index (χ3v) is 7.45. The molecule has 1 aromatic heterocycles. The summed E-state index contributed by atoms with van der Waals surface area (Å²) in [7, 11) is -2.15. The number of hydrogen-bond donors (Lipinski definition) is 1. The highest BCUT2D eigenvalue weighted by molar-refractivity contribution is 7.92. The molecular weight excluding hydrogens is 458 g/mol. The van der Waals surface area contributed by atoms with Crippen molar-refractivity contribution < 1.29 is 17.9 Å². The van der Waals surface area contributed by atoms with Gasteiger partial charge in [-0.25, -0.2) is 8.42 Å². The first kappa shape index (κ1) is 22.9. The van der Waals surface area contributed by atoms with Crippen LogP contribution in [0, 0.1) is 6.92 Å². The molecule has 0 aliphatic carbocycles. The van der Waals surface area contributed by atoms with Crippen LogP contribution < -0.4 is 9.52 Å². The van der Waals surface area contributed by atoms with Gasteiger partial charge in [0.1, 0.15) is 0 Å². The van der Waals surface area contributed by atoms with Crippen molar-refractivity contribution in [2.24, 2.45) is 4.99 Å². The largest absolute Gasteiger partial charge is 0.383 e. The van der Waals surface area contributed by atoms with E-state index in [1.165, 1.54) is 17.4 Å². The molecule has 0 aliphatic rings. The highest BCUT2D eigenvalue weighted by Crippen LogP contribution is 2.19. The number of sulfonamides is 1. The molecule has 170 valence electrons. The number of carbonyl (C=O) groups is 1. The Labute approximate surface area is 196 Å². The molecule has 33 heavy (non-hydrogen) atoms. The molecule has 0 bridgehead atoms. The molecule has 0 spiro atoms. The second-order valence-electron chi connectivity index (χ2n) is 7.41. The second kappa shape index (κ2) is 9.70. The molecule has 3 aromatic carbocycles. The van der Waals surface area contributed by atoms with Crippen molar-refractivity contribution in [1.29, 1.82) is 0 Å². The van der Waals surface area contributed by atoms with Crippen molar-refractivity contribution in [1.82, 2.24) is 4.57 Å². The van der Waals surface area contributed by atoms with E-state index in [0.717, 1.165) is 15.8 Å². The number of aromatic nitrogens is 1. The van der Waals surface area contributed by atoms with Crippen molar-refractivity contribution in [3.05, 3.63) is 88.7 Å². The first-order valence-corrected chi connectivity index (χ1v) is 12.5. The number of rotatable bonds is 7. The molecule has 1 N–H and O–H groups in total. The maximum Gasteiger partial charge on any atom is 0.279 e. The Morgan fingerprint density at radius 2 is 1.82 bits per heavy atom. The van der Waals surface area contributed by atoms with Gasteiger partial charge in [0.05, 0.1) is 21.7 Å². The number of thiazole rings is 1. The van der Waals surface area contributed by atoms with E-state index < -0.39 is 15.9 Å². The van der Waals surface area contributed by atoms with Crippen LogP contribution in [0.4, 0.5) is 5.69 Å². The minimum atomic E-state index is -3.77. The van der Waals surface area contributed by atoms with Gasteiger partial charge in [0, 0.05) is 24.9 Å². The molecule has 1 amide bonds. The quantitative estimate of drug-likeness (QED) is 0.428. The zero-order valence-corrected chi connectivity index (χ0v) is 19.8. The highest BCUT2D eigenvalue weighted by atomic mass is 32.2. The van der Waals surface area contributed by atoms with E-state index in [0.29, 0.717) is 23.6 Å². The molecule has 0 saturated carbocycles. The normalized spacial score (nSPS) is 12.2. The van der Waals surface area contributed by atoms with Crippen LogP contribution in [0.5, 0.6) is 0 Å². The van der Waals surface area contributed by atoms with Crippen LogP contribution in [0.1, 0.15) is 15.9 Å². The average molecular weight is 482 g/mol. The van der Waals surface area contributed by atoms with Gasteiger partial charge in [-0.1, -0.05) is 47.2 Å². The molecule has 0 radical (unpaired) electrons. The second-order valence-corrected chi connectivity index (χ2v) is 10.1. The Hall–Kier alpha value is -3.27. The molecule has 4 rings (SSSR count). The Kier molecular flexibility index (Phi) is 6.73. The minimum Gasteiger partial charge on any atom is -0.383 e. The number of methoxy groups -OCH3 is 1. The summed E-state index contributed by atoms with van der Waals surface area (Å²) in [5, 5.41) is 0. The number of fused-ring (bicyclic) bond motifs is 1. The number of para-hydroxylation sites is 1. The Morgan fingerprint density at radius 1 is 1.06 bits per heavy atom. The van der Waals surface area contributed by atoms with E-state index in [2.05, 4.69) is 9.71 Å². The molecule has 0 aliphatic heterocycles.